The maximum Gasteiger partial charge on any atom is 0.0991 e. The minimum absolute atomic E-state index is 0.698. The van der Waals surface area contributed by atoms with Crippen molar-refractivity contribution in [3.8, 4) is 11.8 Å². The van der Waals surface area contributed by atoms with Gasteiger partial charge in [0.1, 0.15) is 0 Å². The number of rotatable bonds is 1. The summed E-state index contributed by atoms with van der Waals surface area (Å²) in [6, 6.07) is 18.4. The van der Waals surface area contributed by atoms with Crippen LogP contribution in [0.15, 0.2) is 54.7 Å². The van der Waals surface area contributed by atoms with Gasteiger partial charge < -0.3 is 4.57 Å². The summed E-state index contributed by atoms with van der Waals surface area (Å²) in [4.78, 5) is 0. The molecule has 0 spiro atoms. The van der Waals surface area contributed by atoms with Gasteiger partial charge in [-0.15, -0.1) is 0 Å². The van der Waals surface area contributed by atoms with E-state index >= 15 is 0 Å². The maximum absolute atomic E-state index is 8.89. The molecule has 86 valence electrons. The van der Waals surface area contributed by atoms with E-state index in [1.54, 1.807) is 0 Å². The van der Waals surface area contributed by atoms with Crippen molar-refractivity contribution in [1.29, 1.82) is 5.26 Å². The molecule has 0 atom stereocenters. The van der Waals surface area contributed by atoms with Gasteiger partial charge in [0.2, 0.25) is 0 Å². The SMILES string of the molecule is Cc1ccc(-n2ccc3cc(C#N)ccc32)cc1. The first-order chi connectivity index (χ1) is 8.78. The molecular formula is C16H12N2. The van der Waals surface area contributed by atoms with Crippen molar-refractivity contribution in [3.05, 3.63) is 65.9 Å². The molecule has 0 bridgehead atoms. The number of nitriles is 1. The van der Waals surface area contributed by atoms with Gasteiger partial charge in [-0.05, 0) is 43.3 Å². The highest BCUT2D eigenvalue weighted by Crippen LogP contribution is 2.21. The number of aromatic nitrogens is 1. The first kappa shape index (κ1) is 10.6. The lowest BCUT2D eigenvalue weighted by Gasteiger charge is -2.05. The Morgan fingerprint density at radius 3 is 2.50 bits per heavy atom. The Hall–Kier alpha value is -2.53. The monoisotopic (exact) mass is 232 g/mol. The van der Waals surface area contributed by atoms with Crippen molar-refractivity contribution in [2.75, 3.05) is 0 Å². The molecule has 0 aliphatic rings. The van der Waals surface area contributed by atoms with E-state index in [1.165, 1.54) is 5.56 Å². The van der Waals surface area contributed by atoms with E-state index in [1.807, 2.05) is 30.5 Å². The zero-order chi connectivity index (χ0) is 12.5. The summed E-state index contributed by atoms with van der Waals surface area (Å²) in [6.45, 7) is 2.08. The Balaban J connectivity index is 2.19. The maximum atomic E-state index is 8.89. The zero-order valence-corrected chi connectivity index (χ0v) is 10.1. The molecule has 1 heterocycles. The molecule has 1 aromatic heterocycles. The number of benzene rings is 2. The molecule has 0 saturated heterocycles. The zero-order valence-electron chi connectivity index (χ0n) is 10.1. The second-order valence-corrected chi connectivity index (χ2v) is 4.41. The number of hydrogen-bond acceptors (Lipinski definition) is 1. The lowest BCUT2D eigenvalue weighted by molar-refractivity contribution is 1.12. The fourth-order valence-corrected chi connectivity index (χ4v) is 2.14. The van der Waals surface area contributed by atoms with Crippen LogP contribution >= 0.6 is 0 Å². The van der Waals surface area contributed by atoms with Crippen LogP contribution in [0.5, 0.6) is 0 Å². The molecule has 2 heteroatoms. The van der Waals surface area contributed by atoms with Crippen LogP contribution in [0, 0.1) is 18.3 Å². The molecule has 0 N–H and O–H groups in total. The van der Waals surface area contributed by atoms with E-state index in [4.69, 9.17) is 5.26 Å². The molecule has 2 aromatic carbocycles. The van der Waals surface area contributed by atoms with Gasteiger partial charge in [0.25, 0.3) is 0 Å². The highest BCUT2D eigenvalue weighted by atomic mass is 15.0. The van der Waals surface area contributed by atoms with Crippen LogP contribution < -0.4 is 0 Å². The second-order valence-electron chi connectivity index (χ2n) is 4.41. The summed E-state index contributed by atoms with van der Waals surface area (Å²) >= 11 is 0. The molecule has 3 rings (SSSR count). The minimum atomic E-state index is 0.698. The van der Waals surface area contributed by atoms with Crippen molar-refractivity contribution < 1.29 is 0 Å². The summed E-state index contributed by atoms with van der Waals surface area (Å²) in [5.74, 6) is 0. The molecule has 0 amide bonds. The van der Waals surface area contributed by atoms with Crippen LogP contribution in [0.3, 0.4) is 0 Å². The Kier molecular flexibility index (Phi) is 2.39. The van der Waals surface area contributed by atoms with E-state index in [9.17, 15) is 0 Å². The number of hydrogen-bond donors (Lipinski definition) is 0. The number of nitrogens with zero attached hydrogens (tertiary/aromatic N) is 2. The molecule has 2 nitrogen and oxygen atoms in total. The van der Waals surface area contributed by atoms with Gasteiger partial charge in [-0.1, -0.05) is 17.7 Å². The van der Waals surface area contributed by atoms with E-state index in [2.05, 4.69) is 41.8 Å². The number of fused-ring (bicyclic) bond motifs is 1. The van der Waals surface area contributed by atoms with Crippen molar-refractivity contribution in [1.82, 2.24) is 4.57 Å². The first-order valence-electron chi connectivity index (χ1n) is 5.86. The van der Waals surface area contributed by atoms with Crippen LogP contribution in [0.1, 0.15) is 11.1 Å². The Bertz CT molecular complexity index is 743. The van der Waals surface area contributed by atoms with E-state index in [0.29, 0.717) is 5.56 Å². The third-order valence-corrected chi connectivity index (χ3v) is 3.13. The molecule has 0 aliphatic heterocycles. The summed E-state index contributed by atoms with van der Waals surface area (Å²) in [6.07, 6.45) is 2.04. The topological polar surface area (TPSA) is 28.7 Å². The lowest BCUT2D eigenvalue weighted by atomic mass is 10.2. The summed E-state index contributed by atoms with van der Waals surface area (Å²) in [5, 5.41) is 9.99. The van der Waals surface area contributed by atoms with Crippen LogP contribution in [0.2, 0.25) is 0 Å². The quantitative estimate of drug-likeness (QED) is 0.627. The molecule has 0 radical (unpaired) electrons. The minimum Gasteiger partial charge on any atom is -0.317 e. The van der Waals surface area contributed by atoms with E-state index in [-0.39, 0.29) is 0 Å². The normalized spacial score (nSPS) is 10.4. The lowest BCUT2D eigenvalue weighted by Crippen LogP contribution is -1.91. The number of aryl methyl sites for hydroxylation is 1. The smallest absolute Gasteiger partial charge is 0.0991 e. The average molecular weight is 232 g/mol. The van der Waals surface area contributed by atoms with Crippen molar-refractivity contribution in [3.63, 3.8) is 0 Å². The second kappa shape index (κ2) is 4.05. The molecular weight excluding hydrogens is 220 g/mol. The predicted octanol–water partition coefficient (Wildman–Crippen LogP) is 3.81. The Morgan fingerprint density at radius 2 is 1.78 bits per heavy atom. The van der Waals surface area contributed by atoms with Crippen molar-refractivity contribution in [2.45, 2.75) is 6.92 Å². The fourth-order valence-electron chi connectivity index (χ4n) is 2.14. The Labute approximate surface area is 106 Å². The highest BCUT2D eigenvalue weighted by Gasteiger charge is 2.03. The van der Waals surface area contributed by atoms with Crippen LogP contribution in [0.4, 0.5) is 0 Å². The van der Waals surface area contributed by atoms with Gasteiger partial charge in [-0.25, -0.2) is 0 Å². The standard InChI is InChI=1S/C16H12N2/c1-12-2-5-15(6-3-12)18-9-8-14-10-13(11-17)4-7-16(14)18/h2-10H,1H3. The van der Waals surface area contributed by atoms with E-state index in [0.717, 1.165) is 16.6 Å². The van der Waals surface area contributed by atoms with Gasteiger partial charge >= 0.3 is 0 Å². The summed E-state index contributed by atoms with van der Waals surface area (Å²) in [5.41, 5.74) is 4.21. The fraction of sp³-hybridized carbons (Fsp3) is 0.0625. The van der Waals surface area contributed by atoms with Crippen molar-refractivity contribution in [2.24, 2.45) is 0 Å². The van der Waals surface area contributed by atoms with Gasteiger partial charge in [0.15, 0.2) is 0 Å². The van der Waals surface area contributed by atoms with Crippen LogP contribution in [0.25, 0.3) is 16.6 Å². The molecule has 0 aliphatic carbocycles. The molecule has 0 unspecified atom stereocenters. The largest absolute Gasteiger partial charge is 0.317 e. The highest BCUT2D eigenvalue weighted by molar-refractivity contribution is 5.83. The third kappa shape index (κ3) is 1.66. The molecule has 0 fully saturated rings. The van der Waals surface area contributed by atoms with Crippen LogP contribution in [-0.2, 0) is 0 Å². The van der Waals surface area contributed by atoms with Gasteiger partial charge in [-0.2, -0.15) is 5.26 Å². The molecule has 0 saturated carbocycles. The molecule has 3 aromatic rings. The van der Waals surface area contributed by atoms with Gasteiger partial charge in [0, 0.05) is 17.3 Å². The first-order valence-corrected chi connectivity index (χ1v) is 5.86. The summed E-state index contributed by atoms with van der Waals surface area (Å²) < 4.78 is 2.13. The van der Waals surface area contributed by atoms with E-state index < -0.39 is 0 Å². The van der Waals surface area contributed by atoms with Gasteiger partial charge in [0.05, 0.1) is 17.1 Å². The summed E-state index contributed by atoms with van der Waals surface area (Å²) in [7, 11) is 0. The van der Waals surface area contributed by atoms with Crippen molar-refractivity contribution >= 4 is 10.9 Å². The Morgan fingerprint density at radius 1 is 1.00 bits per heavy atom. The third-order valence-electron chi connectivity index (χ3n) is 3.13. The molecule has 18 heavy (non-hydrogen) atoms. The predicted molar refractivity (Wildman–Crippen MR) is 72.7 cm³/mol. The average Bonchev–Trinajstić information content (AvgIpc) is 2.82. The van der Waals surface area contributed by atoms with Gasteiger partial charge in [-0.3, -0.25) is 0 Å². The van der Waals surface area contributed by atoms with Crippen LogP contribution in [-0.4, -0.2) is 4.57 Å².